The molecule has 0 aliphatic carbocycles. The Kier molecular flexibility index (Phi) is 40.0. The number of aliphatic carboxylic acids is 1. The van der Waals surface area contributed by atoms with E-state index < -0.39 is 254 Å². The quantitative estimate of drug-likeness (QED) is 0.0265. The number of aromatic amines is 1. The predicted molar refractivity (Wildman–Crippen MR) is 492 cm³/mol. The maximum absolute atomic E-state index is 15.9. The van der Waals surface area contributed by atoms with Crippen molar-refractivity contribution in [3.8, 4) is 5.75 Å². The molecule has 5 aromatic rings. The minimum Gasteiger partial charge on any atom is -0.508 e. The molecule has 0 spiro atoms. The smallest absolute Gasteiger partial charge is 0.323 e. The molecule has 3 aromatic heterocycles. The number of H-pyrrole nitrogens is 1. The highest BCUT2D eigenvalue weighted by atomic mass is 32.2. The van der Waals surface area contributed by atoms with E-state index in [1.807, 2.05) is 13.8 Å². The number of fused-ring (bicyclic) bond motifs is 4. The number of hydrogen-bond donors (Lipinski definition) is 18. The number of phenolic OH excluding ortho intramolecular Hbond substituents is 1. The maximum Gasteiger partial charge on any atom is 0.323 e. The number of carboxylic acids is 1. The number of carbonyl (C=O) groups excluding carboxylic acids is 17. The lowest BCUT2D eigenvalue weighted by atomic mass is 9.99. The number of nitrogens with zero attached hydrogens (tertiary/aromatic N) is 7. The molecule has 0 saturated carbocycles. The topological polar surface area (TPSA) is 642 Å². The Bertz CT molecular complexity index is 5050. The number of carboxylic acid groups (broad SMARTS) is 1. The first-order valence-electron chi connectivity index (χ1n) is 45.2. The van der Waals surface area contributed by atoms with Gasteiger partial charge in [-0.25, -0.2) is 0 Å². The van der Waals surface area contributed by atoms with Crippen LogP contribution < -0.4 is 76.1 Å². The summed E-state index contributed by atoms with van der Waals surface area (Å²) in [6.07, 6.45) is 3.66. The Morgan fingerprint density at radius 1 is 0.575 bits per heavy atom. The molecule has 43 nitrogen and oxygen atoms in total. The fraction of sp³-hybridized carbons (Fsp3) is 0.567. The zero-order valence-electron chi connectivity index (χ0n) is 77.3. The van der Waals surface area contributed by atoms with Crippen molar-refractivity contribution in [2.24, 2.45) is 34.8 Å². The first kappa shape index (κ1) is 107. The fourth-order valence-corrected chi connectivity index (χ4v) is 17.5. The lowest BCUT2D eigenvalue weighted by Crippen LogP contribution is -2.62. The van der Waals surface area contributed by atoms with Gasteiger partial charge in [0.15, 0.2) is 0 Å². The molecule has 15 atom stereocenters. The van der Waals surface area contributed by atoms with Crippen molar-refractivity contribution in [1.29, 1.82) is 0 Å². The average Bonchev–Trinajstić information content (AvgIpc) is 1.64. The van der Waals surface area contributed by atoms with E-state index in [-0.39, 0.29) is 88.5 Å². The van der Waals surface area contributed by atoms with Gasteiger partial charge in [0, 0.05) is 113 Å². The van der Waals surface area contributed by atoms with Crippen molar-refractivity contribution >= 4 is 140 Å². The number of primary amides is 2. The van der Waals surface area contributed by atoms with Gasteiger partial charge in [0.05, 0.1) is 30.3 Å². The summed E-state index contributed by atoms with van der Waals surface area (Å²) in [6, 6.07) is -7.41. The molecule has 17 amide bonds. The molecule has 732 valence electrons. The number of para-hydroxylation sites is 1. The van der Waals surface area contributed by atoms with Gasteiger partial charge in [-0.15, -0.1) is 11.8 Å². The van der Waals surface area contributed by atoms with Gasteiger partial charge in [-0.2, -0.15) is 0 Å². The van der Waals surface area contributed by atoms with Crippen LogP contribution in [0, 0.1) is 11.8 Å². The molecular weight excluding hydrogens is 1760 g/mol. The molecule has 134 heavy (non-hydrogen) atoms. The summed E-state index contributed by atoms with van der Waals surface area (Å²) < 4.78 is 1.40. The number of pyridine rings is 1. The van der Waals surface area contributed by atoms with Gasteiger partial charge in [0.25, 0.3) is 0 Å². The highest BCUT2D eigenvalue weighted by Gasteiger charge is 2.47. The molecule has 3 aliphatic rings. The molecule has 22 N–H and O–H groups in total. The van der Waals surface area contributed by atoms with Crippen molar-refractivity contribution in [3.63, 3.8) is 0 Å². The van der Waals surface area contributed by atoms with Crippen LogP contribution in [0.3, 0.4) is 0 Å². The number of thioether (sulfide) groups is 1. The molecule has 44 heteroatoms. The number of benzene rings is 2. The summed E-state index contributed by atoms with van der Waals surface area (Å²) in [7, 11) is 3.89. The van der Waals surface area contributed by atoms with Crippen LogP contribution in [-0.4, -0.2) is 317 Å². The minimum absolute atomic E-state index is 0.00342. The Morgan fingerprint density at radius 2 is 1.14 bits per heavy atom. The Morgan fingerprint density at radius 3 is 1.79 bits per heavy atom. The summed E-state index contributed by atoms with van der Waals surface area (Å²) >= 11 is 0.782. The van der Waals surface area contributed by atoms with Crippen molar-refractivity contribution in [3.05, 3.63) is 96.1 Å². The molecule has 8 rings (SSSR count). The number of likely N-dealkylation sites (N-methyl/N-ethyl adjacent to an activating group) is 3. The first-order valence-corrected chi connectivity index (χ1v) is 46.3. The van der Waals surface area contributed by atoms with Crippen molar-refractivity contribution in [2.75, 3.05) is 65.4 Å². The third-order valence-corrected chi connectivity index (χ3v) is 25.0. The lowest BCUT2D eigenvalue weighted by molar-refractivity contribution is -0.149. The van der Waals surface area contributed by atoms with E-state index in [4.69, 9.17) is 22.9 Å². The van der Waals surface area contributed by atoms with E-state index >= 15 is 33.6 Å². The van der Waals surface area contributed by atoms with Gasteiger partial charge in [-0.1, -0.05) is 97.6 Å². The van der Waals surface area contributed by atoms with E-state index in [0.717, 1.165) is 36.3 Å². The Labute approximate surface area is 780 Å². The second-order valence-corrected chi connectivity index (χ2v) is 36.2. The highest BCUT2D eigenvalue weighted by Crippen LogP contribution is 2.29. The van der Waals surface area contributed by atoms with E-state index in [1.54, 1.807) is 64.2 Å². The lowest BCUT2D eigenvalue weighted by Gasteiger charge is -2.36. The predicted octanol–water partition coefficient (Wildman–Crippen LogP) is -2.84. The Balaban J connectivity index is 1.21. The summed E-state index contributed by atoms with van der Waals surface area (Å²) in [5, 5.41) is 59.2. The SMILES string of the molecule is CCCC[C@H]1C(=O)N(C)[C@@H](CCCC)C(=O)N[C@@H](CC(C)C)C(=O)N[C@H](C(=O)NCC(N)=O)CSCC(=O)N[C@@H](Cc2ccc(O)cc2)C(=O)N(C)[C@@H](C)C(=O)N[C@@H](CC(N)=O)C(=O)N2CCC[C@H]2C(=O)N[C@@H](CN)C(=O)N[C@@H](CC(C)C)C(=O)N2C[C@H](O)C[C@H]2C(=O)N[C@@H](Cc2c[nH]c3ccccc23)C(=O)N[C@@H](CCN)C(=O)NC(Cc2cn(CC(=O)O)c3ccncc23)C(=O)N1C. The number of aliphatic hydroxyl groups excluding tert-OH is 1. The molecular formula is C90H130N22O21S. The average molecular weight is 1890 g/mol. The van der Waals surface area contributed by atoms with Crippen LogP contribution in [0.2, 0.25) is 0 Å². The second kappa shape index (κ2) is 50.3. The standard InChI is InChI=1S/C90H130N22O21S/c1-11-13-20-69-83(126)100-60(32-48(3)4)80(123)106-67(78(121)97-42-74(94)116)46-134-47-75(117)98-63(34-51-23-25-54(113)26-24-51)86(129)107(8)50(7)77(120)102-65(38-73(93)115)88(131)111-31-17-22-70(111)84(127)105-66(39-92)82(125)103-62(33-49(5)6)89(132)112-44-55(114)37-72(112)85(128)101-61(35-52-40-96-58-19-16-15-18-56(52)58)81(124)99-59(27-29-91)79(122)104-64(87(130)109(10)71(21-14-12-2)90(133)108(69)9)36-53-43-110(45-76(118)119)68-28-30-95-41-57(53)68/h15-16,18-19,23-26,28,30,40-41,43,48-50,55,59-67,69-72,96,113-114H,11-14,17,20-22,27,29,31-39,42,44-47,91-92H2,1-10H3,(H2,93,115)(H2,94,116)(H,97,121)(H,98,117)(H,99,124)(H,100,126)(H,101,128)(H,102,120)(H,103,125)(H,104,122)(H,105,127)(H,106,123)(H,118,119)/t50-,55+,59-,60-,61-,62-,63-,64?,65-,66-,67-,69-,70-,71-,72-/m0/s1. The summed E-state index contributed by atoms with van der Waals surface area (Å²) in [4.78, 5) is 275. The fourth-order valence-electron chi connectivity index (χ4n) is 16.7. The molecule has 1 unspecified atom stereocenters. The largest absolute Gasteiger partial charge is 0.508 e. The monoisotopic (exact) mass is 1890 g/mol. The zero-order chi connectivity index (χ0) is 98.6. The van der Waals surface area contributed by atoms with E-state index in [9.17, 15) is 68.1 Å². The first-order chi connectivity index (χ1) is 63.6. The van der Waals surface area contributed by atoms with Crippen LogP contribution in [0.4, 0.5) is 0 Å². The zero-order valence-corrected chi connectivity index (χ0v) is 78.1. The Hall–Kier alpha value is -12.8. The maximum atomic E-state index is 15.9. The number of aromatic nitrogens is 3. The van der Waals surface area contributed by atoms with Crippen molar-refractivity contribution < 1.29 is 102 Å². The number of nitrogens with one attached hydrogen (secondary N) is 11. The van der Waals surface area contributed by atoms with Crippen LogP contribution >= 0.6 is 11.8 Å². The van der Waals surface area contributed by atoms with Gasteiger partial charge >= 0.3 is 5.97 Å². The number of hydrogen-bond acceptors (Lipinski definition) is 24. The number of rotatable bonds is 26. The third-order valence-electron chi connectivity index (χ3n) is 24.0. The van der Waals surface area contributed by atoms with Gasteiger partial charge in [0.1, 0.15) is 96.9 Å². The van der Waals surface area contributed by atoms with Crippen molar-refractivity contribution in [2.45, 2.75) is 248 Å². The molecule has 3 fully saturated rings. The van der Waals surface area contributed by atoms with E-state index in [1.165, 1.54) is 75.5 Å². The summed E-state index contributed by atoms with van der Waals surface area (Å²) in [5.41, 5.74) is 25.8. The minimum atomic E-state index is -1.77. The van der Waals surface area contributed by atoms with E-state index in [2.05, 4.69) is 63.1 Å². The molecule has 6 heterocycles. The van der Waals surface area contributed by atoms with Crippen LogP contribution in [-0.2, 0) is 112 Å². The number of amides is 17. The summed E-state index contributed by atoms with van der Waals surface area (Å²) in [6.45, 7) is 9.19. The van der Waals surface area contributed by atoms with Crippen LogP contribution in [0.25, 0.3) is 21.8 Å². The second-order valence-electron chi connectivity index (χ2n) is 35.2. The van der Waals surface area contributed by atoms with Gasteiger partial charge in [-0.3, -0.25) is 91.3 Å². The van der Waals surface area contributed by atoms with Crippen LogP contribution in [0.15, 0.2) is 79.4 Å². The molecule has 0 bridgehead atoms. The number of nitrogens with two attached hydrogens (primary N) is 4. The molecule has 3 saturated heterocycles. The molecule has 2 aromatic carbocycles. The third kappa shape index (κ3) is 29.3. The van der Waals surface area contributed by atoms with Gasteiger partial charge in [0.2, 0.25) is 100 Å². The van der Waals surface area contributed by atoms with Gasteiger partial charge < -0.3 is 125 Å². The number of aromatic hydroxyl groups is 1. The molecule has 0 radical (unpaired) electrons. The number of aliphatic hydroxyl groups is 1. The van der Waals surface area contributed by atoms with Crippen LogP contribution in [0.5, 0.6) is 5.75 Å². The summed E-state index contributed by atoms with van der Waals surface area (Å²) in [5.74, 6) is -18.9. The number of unbranched alkanes of at least 4 members (excludes halogenated alkanes) is 2. The number of phenols is 1. The highest BCUT2D eigenvalue weighted by molar-refractivity contribution is 8.00. The normalized spacial score (nSPS) is 24.9. The van der Waals surface area contributed by atoms with E-state index in [0.29, 0.717) is 64.2 Å². The van der Waals surface area contributed by atoms with Gasteiger partial charge in [-0.05, 0) is 111 Å². The molecule has 3 aliphatic heterocycles. The van der Waals surface area contributed by atoms with Crippen molar-refractivity contribution in [1.82, 2.24) is 92.2 Å². The number of carbonyl (C=O) groups is 18. The van der Waals surface area contributed by atoms with Crippen LogP contribution in [0.1, 0.15) is 149 Å².